The van der Waals surface area contributed by atoms with E-state index in [-0.39, 0.29) is 11.6 Å². The van der Waals surface area contributed by atoms with Gasteiger partial charge in [0.05, 0.1) is 40.1 Å². The van der Waals surface area contributed by atoms with E-state index in [4.69, 9.17) is 9.40 Å². The average molecular weight is 611 g/mol. The second-order valence-electron chi connectivity index (χ2n) is 10.9. The van der Waals surface area contributed by atoms with Crippen LogP contribution in [0.1, 0.15) is 27.7 Å². The molecule has 4 heterocycles. The van der Waals surface area contributed by atoms with Gasteiger partial charge in [0.15, 0.2) is 6.23 Å². The van der Waals surface area contributed by atoms with Crippen molar-refractivity contribution >= 4 is 43.5 Å². The maximum absolute atomic E-state index is 14.6. The van der Waals surface area contributed by atoms with E-state index in [1.807, 2.05) is 31.2 Å². The van der Waals surface area contributed by atoms with E-state index in [0.29, 0.717) is 67.0 Å². The number of aryl methyl sites for hydroxylation is 1. The first-order chi connectivity index (χ1) is 21.0. The summed E-state index contributed by atoms with van der Waals surface area (Å²) in [5.41, 5.74) is 5.48. The van der Waals surface area contributed by atoms with Crippen molar-refractivity contribution in [3.63, 3.8) is 0 Å². The number of hydrogen-bond donors (Lipinski definition) is 2. The standard InChI is InChI=1S/C33H27FN4O5S/c1-17-8-10-18(11-9-17)31-29(32(39)35-2)22-14-21(26(16-28(22)43-31)37(3)44(4,41)42)24-13-12-19-30(36-24)27-15-20-23(34)6-5-7-25(20)38(27)33(19)40/h5-16,33,40H,1-4H3,(H,35,39). The average Bonchev–Trinajstić information content (AvgIpc) is 3.66. The van der Waals surface area contributed by atoms with Gasteiger partial charge in [-0.25, -0.2) is 17.8 Å². The number of nitrogens with one attached hydrogen (secondary N) is 1. The third kappa shape index (κ3) is 4.11. The number of carbonyl (C=O) groups excluding carboxylic acids is 1. The highest BCUT2D eigenvalue weighted by molar-refractivity contribution is 7.92. The van der Waals surface area contributed by atoms with Crippen molar-refractivity contribution in [3.8, 4) is 34.0 Å². The van der Waals surface area contributed by atoms with Gasteiger partial charge < -0.3 is 19.4 Å². The summed E-state index contributed by atoms with van der Waals surface area (Å²) in [7, 11) is -0.767. The van der Waals surface area contributed by atoms with Gasteiger partial charge in [0.2, 0.25) is 10.0 Å². The van der Waals surface area contributed by atoms with E-state index in [1.54, 1.807) is 47.0 Å². The minimum absolute atomic E-state index is 0.283. The molecule has 0 fully saturated rings. The number of amides is 1. The summed E-state index contributed by atoms with van der Waals surface area (Å²) in [4.78, 5) is 18.1. The number of fused-ring (bicyclic) bond motifs is 6. The molecule has 222 valence electrons. The lowest BCUT2D eigenvalue weighted by atomic mass is 9.99. The van der Waals surface area contributed by atoms with E-state index >= 15 is 0 Å². The molecule has 11 heteroatoms. The number of aromatic nitrogens is 2. The van der Waals surface area contributed by atoms with Crippen LogP contribution in [0.2, 0.25) is 0 Å². The topological polar surface area (TPSA) is 118 Å². The van der Waals surface area contributed by atoms with E-state index < -0.39 is 22.1 Å². The molecule has 7 rings (SSSR count). The largest absolute Gasteiger partial charge is 0.455 e. The fourth-order valence-electron chi connectivity index (χ4n) is 5.87. The third-order valence-electron chi connectivity index (χ3n) is 8.21. The molecule has 9 nitrogen and oxygen atoms in total. The van der Waals surface area contributed by atoms with Crippen molar-refractivity contribution in [2.45, 2.75) is 13.2 Å². The lowest BCUT2D eigenvalue weighted by molar-refractivity contribution is 0.0964. The lowest BCUT2D eigenvalue weighted by Gasteiger charge is -2.20. The van der Waals surface area contributed by atoms with Gasteiger partial charge >= 0.3 is 0 Å². The Morgan fingerprint density at radius 3 is 2.52 bits per heavy atom. The SMILES string of the molecule is CNC(=O)c1c(-c2ccc(C)cc2)oc2cc(N(C)S(C)(=O)=O)c(-c3ccc4c(n3)-c3cc5c(F)cccc5n3C4O)cc12. The van der Waals surface area contributed by atoms with Crippen molar-refractivity contribution < 1.29 is 27.1 Å². The van der Waals surface area contributed by atoms with Crippen LogP contribution in [0, 0.1) is 12.7 Å². The molecule has 0 saturated heterocycles. The van der Waals surface area contributed by atoms with Gasteiger partial charge in [0.25, 0.3) is 5.91 Å². The Labute approximate surface area is 252 Å². The van der Waals surface area contributed by atoms with Crippen LogP contribution in [0.15, 0.2) is 77.2 Å². The highest BCUT2D eigenvalue weighted by Gasteiger charge is 2.32. The number of furan rings is 1. The highest BCUT2D eigenvalue weighted by Crippen LogP contribution is 2.45. The first kappa shape index (κ1) is 27.8. The van der Waals surface area contributed by atoms with E-state index in [2.05, 4.69) is 5.32 Å². The number of benzene rings is 3. The Morgan fingerprint density at radius 1 is 1.07 bits per heavy atom. The van der Waals surface area contributed by atoms with Gasteiger partial charge in [-0.15, -0.1) is 0 Å². The maximum Gasteiger partial charge on any atom is 0.255 e. The number of pyridine rings is 1. The van der Waals surface area contributed by atoms with Gasteiger partial charge in [0, 0.05) is 47.6 Å². The number of hydrogen-bond acceptors (Lipinski definition) is 6. The normalized spacial score (nSPS) is 14.2. The minimum atomic E-state index is -3.73. The molecule has 1 amide bonds. The molecule has 0 spiro atoms. The van der Waals surface area contributed by atoms with E-state index in [0.717, 1.165) is 16.1 Å². The van der Waals surface area contributed by atoms with Crippen LogP contribution in [0.5, 0.6) is 0 Å². The molecule has 0 aliphatic carbocycles. The molecular formula is C33H27FN4O5S. The molecule has 2 N–H and O–H groups in total. The van der Waals surface area contributed by atoms with Crippen molar-refractivity contribution in [2.24, 2.45) is 0 Å². The van der Waals surface area contributed by atoms with E-state index in [1.165, 1.54) is 20.2 Å². The predicted octanol–water partition coefficient (Wildman–Crippen LogP) is 5.84. The summed E-state index contributed by atoms with van der Waals surface area (Å²) in [6.45, 7) is 1.96. The van der Waals surface area contributed by atoms with Crippen molar-refractivity contribution in [1.29, 1.82) is 0 Å². The van der Waals surface area contributed by atoms with Gasteiger partial charge in [0.1, 0.15) is 17.2 Å². The first-order valence-corrected chi connectivity index (χ1v) is 15.7. The monoisotopic (exact) mass is 610 g/mol. The van der Waals surface area contributed by atoms with Gasteiger partial charge in [-0.2, -0.15) is 0 Å². The molecule has 0 saturated carbocycles. The molecule has 6 aromatic rings. The Hall–Kier alpha value is -5.00. The van der Waals surface area contributed by atoms with Crippen molar-refractivity contribution in [3.05, 3.63) is 95.3 Å². The summed E-state index contributed by atoms with van der Waals surface area (Å²) in [6.07, 6.45) is 0.0169. The summed E-state index contributed by atoms with van der Waals surface area (Å²) >= 11 is 0. The number of aliphatic hydroxyl groups is 1. The van der Waals surface area contributed by atoms with Crippen LogP contribution >= 0.6 is 0 Å². The number of anilines is 1. The molecule has 0 radical (unpaired) electrons. The Bertz CT molecular complexity index is 2270. The van der Waals surface area contributed by atoms with Crippen LogP contribution < -0.4 is 9.62 Å². The molecule has 1 unspecified atom stereocenters. The lowest BCUT2D eigenvalue weighted by Crippen LogP contribution is -2.25. The second kappa shape index (κ2) is 9.76. The number of nitrogens with zero attached hydrogens (tertiary/aromatic N) is 3. The smallest absolute Gasteiger partial charge is 0.255 e. The van der Waals surface area contributed by atoms with Crippen molar-refractivity contribution in [2.75, 3.05) is 24.7 Å². The number of sulfonamides is 1. The second-order valence-corrected chi connectivity index (χ2v) is 12.9. The van der Waals surface area contributed by atoms with Gasteiger partial charge in [-0.1, -0.05) is 42.0 Å². The van der Waals surface area contributed by atoms with Crippen LogP contribution in [-0.2, 0) is 10.0 Å². The van der Waals surface area contributed by atoms with Crippen LogP contribution in [0.3, 0.4) is 0 Å². The maximum atomic E-state index is 14.6. The number of aliphatic hydroxyl groups excluding tert-OH is 1. The summed E-state index contributed by atoms with van der Waals surface area (Å²) in [5, 5.41) is 14.7. The zero-order valence-electron chi connectivity index (χ0n) is 24.2. The predicted molar refractivity (Wildman–Crippen MR) is 168 cm³/mol. The fourth-order valence-corrected chi connectivity index (χ4v) is 6.38. The fraction of sp³-hybridized carbons (Fsp3) is 0.152. The third-order valence-corrected chi connectivity index (χ3v) is 9.40. The zero-order valence-corrected chi connectivity index (χ0v) is 25.0. The summed E-state index contributed by atoms with van der Waals surface area (Å²) in [5.74, 6) is -0.435. The van der Waals surface area contributed by atoms with Gasteiger partial charge in [-0.05, 0) is 37.3 Å². The van der Waals surface area contributed by atoms with Crippen molar-refractivity contribution in [1.82, 2.24) is 14.9 Å². The Balaban J connectivity index is 1.50. The summed E-state index contributed by atoms with van der Waals surface area (Å²) in [6, 6.07) is 20.6. The number of rotatable bonds is 5. The molecule has 44 heavy (non-hydrogen) atoms. The quantitative estimate of drug-likeness (QED) is 0.253. The molecule has 1 atom stereocenters. The number of halogens is 1. The minimum Gasteiger partial charge on any atom is -0.455 e. The number of carbonyl (C=O) groups is 1. The van der Waals surface area contributed by atoms with E-state index in [9.17, 15) is 22.7 Å². The first-order valence-electron chi connectivity index (χ1n) is 13.8. The Morgan fingerprint density at radius 2 is 1.82 bits per heavy atom. The molecule has 1 aliphatic heterocycles. The molecular weight excluding hydrogens is 583 g/mol. The highest BCUT2D eigenvalue weighted by atomic mass is 32.2. The van der Waals surface area contributed by atoms with Crippen LogP contribution in [0.25, 0.3) is 55.8 Å². The molecule has 3 aromatic heterocycles. The van der Waals surface area contributed by atoms with Gasteiger partial charge in [-0.3, -0.25) is 9.10 Å². The zero-order chi connectivity index (χ0) is 31.1. The molecule has 1 aliphatic rings. The molecule has 0 bridgehead atoms. The molecule has 3 aromatic carbocycles. The summed E-state index contributed by atoms with van der Waals surface area (Å²) < 4.78 is 49.2. The van der Waals surface area contributed by atoms with Crippen LogP contribution in [-0.4, -0.2) is 49.3 Å². The Kier molecular flexibility index (Phi) is 6.17. The van der Waals surface area contributed by atoms with Crippen LogP contribution in [0.4, 0.5) is 10.1 Å².